The minimum Gasteiger partial charge on any atom is -0.493 e. The average molecular weight is 392 g/mol. The zero-order valence-corrected chi connectivity index (χ0v) is 17.2. The van der Waals surface area contributed by atoms with E-state index >= 15 is 0 Å². The van der Waals surface area contributed by atoms with Crippen LogP contribution in [0.5, 0.6) is 11.5 Å². The largest absolute Gasteiger partial charge is 0.493 e. The maximum Gasteiger partial charge on any atom is 0.317 e. The van der Waals surface area contributed by atoms with E-state index in [2.05, 4.69) is 19.2 Å². The number of methoxy groups -OCH3 is 1. The molecular weight excluding hydrogens is 360 g/mol. The Bertz CT molecular complexity index is 677. The fraction of sp³-hybridized carbons (Fsp3) is 0.619. The normalized spacial score (nSPS) is 17.9. The minimum atomic E-state index is -0.844. The van der Waals surface area contributed by atoms with Gasteiger partial charge in [0.1, 0.15) is 0 Å². The van der Waals surface area contributed by atoms with E-state index in [4.69, 9.17) is 9.47 Å². The molecule has 1 aromatic carbocycles. The molecule has 1 aliphatic rings. The highest BCUT2D eigenvalue weighted by Crippen LogP contribution is 2.30. The van der Waals surface area contributed by atoms with Gasteiger partial charge in [0.05, 0.1) is 25.7 Å². The van der Waals surface area contributed by atoms with E-state index in [1.807, 2.05) is 25.1 Å². The number of hydrogen-bond acceptors (Lipinski definition) is 4. The Hall–Kier alpha value is -2.44. The second-order valence-corrected chi connectivity index (χ2v) is 7.74. The first kappa shape index (κ1) is 21.9. The summed E-state index contributed by atoms with van der Waals surface area (Å²) < 4.78 is 11.2. The highest BCUT2D eigenvalue weighted by molar-refractivity contribution is 5.77. The van der Waals surface area contributed by atoms with Crippen LogP contribution in [0.1, 0.15) is 51.6 Å². The third kappa shape index (κ3) is 6.04. The number of piperidine rings is 1. The lowest BCUT2D eigenvalue weighted by molar-refractivity contribution is -0.143. The Morgan fingerprint density at radius 1 is 1.29 bits per heavy atom. The molecule has 0 saturated carbocycles. The van der Waals surface area contributed by atoms with Gasteiger partial charge in [-0.1, -0.05) is 19.9 Å². The number of nitrogens with one attached hydrogen (secondary N) is 1. The van der Waals surface area contributed by atoms with Gasteiger partial charge in [-0.3, -0.25) is 4.79 Å². The fourth-order valence-corrected chi connectivity index (χ4v) is 3.20. The molecule has 1 aromatic rings. The van der Waals surface area contributed by atoms with Crippen LogP contribution in [0.2, 0.25) is 0 Å². The minimum absolute atomic E-state index is 0.240. The van der Waals surface area contributed by atoms with Gasteiger partial charge in [0.2, 0.25) is 0 Å². The summed E-state index contributed by atoms with van der Waals surface area (Å²) in [4.78, 5) is 25.3. The van der Waals surface area contributed by atoms with Gasteiger partial charge in [-0.2, -0.15) is 0 Å². The van der Waals surface area contributed by atoms with Crippen molar-refractivity contribution in [1.29, 1.82) is 0 Å². The van der Waals surface area contributed by atoms with Gasteiger partial charge in [-0.05, 0) is 49.8 Å². The number of carboxylic acid groups (broad SMARTS) is 1. The Labute approximate surface area is 167 Å². The zero-order chi connectivity index (χ0) is 20.7. The van der Waals surface area contributed by atoms with Crippen molar-refractivity contribution in [1.82, 2.24) is 10.2 Å². The van der Waals surface area contributed by atoms with E-state index in [-0.39, 0.29) is 18.6 Å². The molecule has 156 valence electrons. The second kappa shape index (κ2) is 10.2. The molecular formula is C21H32N2O5. The highest BCUT2D eigenvalue weighted by Gasteiger charge is 2.28. The molecule has 2 atom stereocenters. The van der Waals surface area contributed by atoms with Gasteiger partial charge >= 0.3 is 12.0 Å². The monoisotopic (exact) mass is 392 g/mol. The number of carbonyl (C=O) groups is 2. The summed E-state index contributed by atoms with van der Waals surface area (Å²) in [5.74, 6) is 0.550. The molecule has 2 rings (SSSR count). The van der Waals surface area contributed by atoms with Gasteiger partial charge in [0.15, 0.2) is 11.5 Å². The Kier molecular flexibility index (Phi) is 7.96. The number of likely N-dealkylation sites (tertiary alicyclic amines) is 1. The van der Waals surface area contributed by atoms with Crippen molar-refractivity contribution < 1.29 is 24.2 Å². The molecule has 1 saturated heterocycles. The van der Waals surface area contributed by atoms with Crippen molar-refractivity contribution in [2.45, 2.75) is 46.1 Å². The van der Waals surface area contributed by atoms with Crippen molar-refractivity contribution in [2.24, 2.45) is 11.8 Å². The quantitative estimate of drug-likeness (QED) is 0.704. The van der Waals surface area contributed by atoms with Gasteiger partial charge in [-0.25, -0.2) is 4.79 Å². The predicted molar refractivity (Wildman–Crippen MR) is 107 cm³/mol. The molecule has 0 aromatic heterocycles. The van der Waals surface area contributed by atoms with E-state index in [0.717, 1.165) is 12.0 Å². The number of benzene rings is 1. The Morgan fingerprint density at radius 3 is 2.68 bits per heavy atom. The number of rotatable bonds is 8. The van der Waals surface area contributed by atoms with Crippen LogP contribution < -0.4 is 14.8 Å². The molecule has 1 aliphatic heterocycles. The molecule has 0 bridgehead atoms. The summed E-state index contributed by atoms with van der Waals surface area (Å²) in [7, 11) is 1.59. The van der Waals surface area contributed by atoms with E-state index in [1.165, 1.54) is 0 Å². The lowest BCUT2D eigenvalue weighted by Crippen LogP contribution is -2.47. The van der Waals surface area contributed by atoms with Crippen LogP contribution in [-0.2, 0) is 4.79 Å². The number of aliphatic carboxylic acids is 1. The average Bonchev–Trinajstić information content (AvgIpc) is 2.67. The van der Waals surface area contributed by atoms with Crippen LogP contribution >= 0.6 is 0 Å². The number of carboxylic acids is 1. The smallest absolute Gasteiger partial charge is 0.317 e. The number of hydrogen-bond donors (Lipinski definition) is 2. The van der Waals surface area contributed by atoms with Crippen LogP contribution in [0.4, 0.5) is 4.79 Å². The number of amides is 2. The molecule has 28 heavy (non-hydrogen) atoms. The summed E-state index contributed by atoms with van der Waals surface area (Å²) in [6.45, 7) is 7.64. The fourth-order valence-electron chi connectivity index (χ4n) is 3.20. The van der Waals surface area contributed by atoms with Crippen LogP contribution in [0.25, 0.3) is 0 Å². The molecule has 2 amide bonds. The third-order valence-corrected chi connectivity index (χ3v) is 5.04. The zero-order valence-electron chi connectivity index (χ0n) is 17.2. The Balaban J connectivity index is 1.98. The van der Waals surface area contributed by atoms with Gasteiger partial charge in [0, 0.05) is 13.1 Å². The lowest BCUT2D eigenvalue weighted by atomic mass is 9.98. The Morgan fingerprint density at radius 2 is 2.04 bits per heavy atom. The topological polar surface area (TPSA) is 88.1 Å². The molecule has 0 spiro atoms. The first-order valence-electron chi connectivity index (χ1n) is 9.90. The van der Waals surface area contributed by atoms with Gasteiger partial charge in [-0.15, -0.1) is 0 Å². The molecule has 2 N–H and O–H groups in total. The molecule has 7 heteroatoms. The molecule has 7 nitrogen and oxygen atoms in total. The van der Waals surface area contributed by atoms with E-state index in [1.54, 1.807) is 12.0 Å². The lowest BCUT2D eigenvalue weighted by Gasteiger charge is -2.31. The summed E-state index contributed by atoms with van der Waals surface area (Å²) >= 11 is 0. The van der Waals surface area contributed by atoms with Crippen molar-refractivity contribution >= 4 is 12.0 Å². The number of urea groups is 1. The number of carbonyl (C=O) groups excluding carboxylic acids is 1. The molecule has 0 aliphatic carbocycles. The molecule has 1 heterocycles. The maximum absolute atomic E-state index is 12.5. The van der Waals surface area contributed by atoms with E-state index in [0.29, 0.717) is 43.4 Å². The first-order chi connectivity index (χ1) is 13.3. The SMILES string of the molecule is COc1cc(C(C)NC(=O)N2CCCC(C(=O)O)C2)ccc1OCCC(C)C. The summed E-state index contributed by atoms with van der Waals surface area (Å²) in [5, 5.41) is 12.1. The van der Waals surface area contributed by atoms with Crippen molar-refractivity contribution in [3.05, 3.63) is 23.8 Å². The molecule has 0 radical (unpaired) electrons. The van der Waals surface area contributed by atoms with Crippen LogP contribution in [0.3, 0.4) is 0 Å². The predicted octanol–water partition coefficient (Wildman–Crippen LogP) is 3.69. The molecule has 2 unspecified atom stereocenters. The maximum atomic E-state index is 12.5. The van der Waals surface area contributed by atoms with Crippen LogP contribution in [-0.4, -0.2) is 48.8 Å². The first-order valence-corrected chi connectivity index (χ1v) is 9.90. The van der Waals surface area contributed by atoms with Gasteiger partial charge < -0.3 is 24.8 Å². The second-order valence-electron chi connectivity index (χ2n) is 7.74. The van der Waals surface area contributed by atoms with Crippen molar-refractivity contribution in [2.75, 3.05) is 26.8 Å². The summed E-state index contributed by atoms with van der Waals surface area (Å²) in [6, 6.07) is 5.16. The number of nitrogens with zero attached hydrogens (tertiary/aromatic N) is 1. The molecule has 1 fully saturated rings. The van der Waals surface area contributed by atoms with E-state index in [9.17, 15) is 14.7 Å². The van der Waals surface area contributed by atoms with Crippen molar-refractivity contribution in [3.63, 3.8) is 0 Å². The third-order valence-electron chi connectivity index (χ3n) is 5.04. The number of ether oxygens (including phenoxy) is 2. The van der Waals surface area contributed by atoms with Crippen molar-refractivity contribution in [3.8, 4) is 11.5 Å². The van der Waals surface area contributed by atoms with Gasteiger partial charge in [0.25, 0.3) is 0 Å². The van der Waals surface area contributed by atoms with E-state index < -0.39 is 11.9 Å². The van der Waals surface area contributed by atoms with Crippen LogP contribution in [0.15, 0.2) is 18.2 Å². The highest BCUT2D eigenvalue weighted by atomic mass is 16.5. The summed E-state index contributed by atoms with van der Waals surface area (Å²) in [5.41, 5.74) is 0.896. The standard InChI is InChI=1S/C21H32N2O5/c1-14(2)9-11-28-18-8-7-16(12-19(18)27-4)15(3)22-21(26)23-10-5-6-17(13-23)20(24)25/h7-8,12,14-15,17H,5-6,9-11,13H2,1-4H3,(H,22,26)(H,24,25). The summed E-state index contributed by atoms with van der Waals surface area (Å²) in [6.07, 6.45) is 2.28. The van der Waals surface area contributed by atoms with Crippen LogP contribution in [0, 0.1) is 11.8 Å².